The van der Waals surface area contributed by atoms with Crippen molar-refractivity contribution in [1.29, 1.82) is 0 Å². The van der Waals surface area contributed by atoms with Crippen LogP contribution >= 0.6 is 0 Å². The molecule has 0 spiro atoms. The highest BCUT2D eigenvalue weighted by atomic mass is 16.5. The van der Waals surface area contributed by atoms with Crippen LogP contribution in [0.25, 0.3) is 0 Å². The maximum atomic E-state index is 5.76. The molecule has 0 heterocycles. The molecule has 2 rings (SSSR count). The third-order valence-corrected chi connectivity index (χ3v) is 2.67. The Hall–Kier alpha value is -1.18. The van der Waals surface area contributed by atoms with Crippen LogP contribution in [0, 0.1) is 0 Å². The smallest absolute Gasteiger partial charge is 0.161 e. The third kappa shape index (κ3) is 2.44. The average Bonchev–Trinajstić information content (AvgIpc) is 3.02. The van der Waals surface area contributed by atoms with Gasteiger partial charge in [0.15, 0.2) is 11.5 Å². The van der Waals surface area contributed by atoms with Crippen LogP contribution in [0.15, 0.2) is 18.2 Å². The Morgan fingerprint density at radius 2 is 1.93 bits per heavy atom. The molecular formula is C13H18O2. The minimum atomic E-state index is 0.420. The second-order valence-corrected chi connectivity index (χ2v) is 4.38. The first kappa shape index (κ1) is 10.3. The van der Waals surface area contributed by atoms with Crippen LogP contribution in [-0.4, -0.2) is 13.2 Å². The molecule has 1 aliphatic rings. The number of hydrogen-bond acceptors (Lipinski definition) is 2. The molecule has 0 aromatic heterocycles. The van der Waals surface area contributed by atoms with Crippen molar-refractivity contribution in [3.05, 3.63) is 23.8 Å². The fourth-order valence-electron chi connectivity index (χ4n) is 1.51. The van der Waals surface area contributed by atoms with Crippen LogP contribution in [0.2, 0.25) is 0 Å². The van der Waals surface area contributed by atoms with E-state index in [0.29, 0.717) is 12.0 Å². The Morgan fingerprint density at radius 1 is 1.20 bits per heavy atom. The van der Waals surface area contributed by atoms with E-state index in [2.05, 4.69) is 26.0 Å². The van der Waals surface area contributed by atoms with Gasteiger partial charge < -0.3 is 9.47 Å². The fourth-order valence-corrected chi connectivity index (χ4v) is 1.51. The summed E-state index contributed by atoms with van der Waals surface area (Å²) in [4.78, 5) is 0. The van der Waals surface area contributed by atoms with Gasteiger partial charge in [0.25, 0.3) is 0 Å². The Kier molecular flexibility index (Phi) is 2.85. The zero-order valence-corrected chi connectivity index (χ0v) is 9.62. The Balaban J connectivity index is 2.21. The van der Waals surface area contributed by atoms with Crippen molar-refractivity contribution < 1.29 is 9.47 Å². The predicted molar refractivity (Wildman–Crippen MR) is 60.7 cm³/mol. The molecule has 2 nitrogen and oxygen atoms in total. The van der Waals surface area contributed by atoms with Gasteiger partial charge in [0.2, 0.25) is 0 Å². The van der Waals surface area contributed by atoms with Crippen molar-refractivity contribution >= 4 is 0 Å². The van der Waals surface area contributed by atoms with Crippen molar-refractivity contribution in [3.8, 4) is 11.5 Å². The molecule has 0 amide bonds. The lowest BCUT2D eigenvalue weighted by Gasteiger charge is -2.13. The molecule has 0 atom stereocenters. The van der Waals surface area contributed by atoms with Crippen molar-refractivity contribution in [2.75, 3.05) is 7.11 Å². The molecule has 82 valence electrons. The van der Waals surface area contributed by atoms with Crippen molar-refractivity contribution in [2.24, 2.45) is 0 Å². The summed E-state index contributed by atoms with van der Waals surface area (Å²) in [5.41, 5.74) is 1.29. The quantitative estimate of drug-likeness (QED) is 0.752. The summed E-state index contributed by atoms with van der Waals surface area (Å²) in [6.07, 6.45) is 2.77. The number of benzene rings is 1. The first-order valence-electron chi connectivity index (χ1n) is 5.55. The van der Waals surface area contributed by atoms with Gasteiger partial charge in [-0.25, -0.2) is 0 Å². The highest BCUT2D eigenvalue weighted by Crippen LogP contribution is 2.35. The second kappa shape index (κ2) is 4.13. The zero-order chi connectivity index (χ0) is 10.8. The molecule has 0 N–H and O–H groups in total. The summed E-state index contributed by atoms with van der Waals surface area (Å²) in [7, 11) is 1.69. The highest BCUT2D eigenvalue weighted by molar-refractivity contribution is 5.44. The van der Waals surface area contributed by atoms with Crippen LogP contribution < -0.4 is 9.47 Å². The molecule has 1 aromatic rings. The summed E-state index contributed by atoms with van der Waals surface area (Å²) in [5.74, 6) is 2.26. The Labute approximate surface area is 91.2 Å². The first-order valence-corrected chi connectivity index (χ1v) is 5.55. The van der Waals surface area contributed by atoms with Crippen LogP contribution in [0.3, 0.4) is 0 Å². The molecule has 0 radical (unpaired) electrons. The van der Waals surface area contributed by atoms with Crippen LogP contribution in [0.4, 0.5) is 0 Å². The lowest BCUT2D eigenvalue weighted by molar-refractivity contribution is 0.282. The van der Waals surface area contributed by atoms with Crippen LogP contribution in [0.1, 0.15) is 38.2 Å². The minimum Gasteiger partial charge on any atom is -0.493 e. The normalized spacial score (nSPS) is 15.5. The summed E-state index contributed by atoms with van der Waals surface area (Å²) < 4.78 is 11.1. The van der Waals surface area contributed by atoms with Crippen LogP contribution in [0.5, 0.6) is 11.5 Å². The molecule has 0 bridgehead atoms. The van der Waals surface area contributed by atoms with E-state index in [1.54, 1.807) is 7.11 Å². The predicted octanol–water partition coefficient (Wildman–Crippen LogP) is 3.36. The van der Waals surface area contributed by atoms with Gasteiger partial charge in [-0.2, -0.15) is 0 Å². The van der Waals surface area contributed by atoms with Gasteiger partial charge in [0.1, 0.15) is 0 Å². The highest BCUT2D eigenvalue weighted by Gasteiger charge is 2.24. The summed E-state index contributed by atoms with van der Waals surface area (Å²) in [6, 6.07) is 6.21. The fraction of sp³-hybridized carbons (Fsp3) is 0.538. The minimum absolute atomic E-state index is 0.420. The van der Waals surface area contributed by atoms with Crippen molar-refractivity contribution in [1.82, 2.24) is 0 Å². The summed E-state index contributed by atoms with van der Waals surface area (Å²) in [5, 5.41) is 0. The molecule has 1 saturated carbocycles. The topological polar surface area (TPSA) is 18.5 Å². The van der Waals surface area contributed by atoms with E-state index in [1.165, 1.54) is 18.4 Å². The molecule has 15 heavy (non-hydrogen) atoms. The molecule has 0 aliphatic heterocycles. The van der Waals surface area contributed by atoms with E-state index < -0.39 is 0 Å². The molecule has 0 saturated heterocycles. The van der Waals surface area contributed by atoms with Crippen LogP contribution in [-0.2, 0) is 0 Å². The lowest BCUT2D eigenvalue weighted by atomic mass is 10.0. The largest absolute Gasteiger partial charge is 0.493 e. The van der Waals surface area contributed by atoms with Gasteiger partial charge >= 0.3 is 0 Å². The SMILES string of the molecule is COc1cc(C(C)C)ccc1OC1CC1. The molecule has 2 heteroatoms. The van der Waals surface area contributed by atoms with Gasteiger partial charge in [-0.3, -0.25) is 0 Å². The lowest BCUT2D eigenvalue weighted by Crippen LogP contribution is -1.99. The number of methoxy groups -OCH3 is 1. The Morgan fingerprint density at radius 3 is 2.47 bits per heavy atom. The van der Waals surface area contributed by atoms with Crippen molar-refractivity contribution in [3.63, 3.8) is 0 Å². The van der Waals surface area contributed by atoms with Gasteiger partial charge in [-0.15, -0.1) is 0 Å². The average molecular weight is 206 g/mol. The third-order valence-electron chi connectivity index (χ3n) is 2.67. The maximum Gasteiger partial charge on any atom is 0.161 e. The van der Waals surface area contributed by atoms with E-state index in [9.17, 15) is 0 Å². The molecule has 1 aromatic carbocycles. The summed E-state index contributed by atoms with van der Waals surface area (Å²) >= 11 is 0. The van der Waals surface area contributed by atoms with Gasteiger partial charge in [0.05, 0.1) is 13.2 Å². The molecule has 1 aliphatic carbocycles. The van der Waals surface area contributed by atoms with Gasteiger partial charge in [-0.05, 0) is 36.5 Å². The number of ether oxygens (including phenoxy) is 2. The standard InChI is InChI=1S/C13H18O2/c1-9(2)10-4-7-12(13(8-10)14-3)15-11-5-6-11/h4,7-9,11H,5-6H2,1-3H3. The Bertz CT molecular complexity index is 340. The molecule has 0 unspecified atom stereocenters. The van der Waals surface area contributed by atoms with E-state index >= 15 is 0 Å². The van der Waals surface area contributed by atoms with Crippen molar-refractivity contribution in [2.45, 2.75) is 38.7 Å². The number of rotatable bonds is 4. The maximum absolute atomic E-state index is 5.76. The van der Waals surface area contributed by atoms with Gasteiger partial charge in [-0.1, -0.05) is 19.9 Å². The second-order valence-electron chi connectivity index (χ2n) is 4.38. The van der Waals surface area contributed by atoms with E-state index in [1.807, 2.05) is 6.07 Å². The zero-order valence-electron chi connectivity index (χ0n) is 9.62. The molecular weight excluding hydrogens is 188 g/mol. The van der Waals surface area contributed by atoms with Gasteiger partial charge in [0, 0.05) is 0 Å². The summed E-state index contributed by atoms with van der Waals surface area (Å²) in [6.45, 7) is 4.35. The number of hydrogen-bond donors (Lipinski definition) is 0. The van der Waals surface area contributed by atoms with E-state index in [-0.39, 0.29) is 0 Å². The van der Waals surface area contributed by atoms with E-state index in [0.717, 1.165) is 11.5 Å². The molecule has 1 fully saturated rings. The first-order chi connectivity index (χ1) is 7.20. The van der Waals surface area contributed by atoms with E-state index in [4.69, 9.17) is 9.47 Å². The monoisotopic (exact) mass is 206 g/mol.